The van der Waals surface area contributed by atoms with Crippen LogP contribution < -0.4 is 0 Å². The summed E-state index contributed by atoms with van der Waals surface area (Å²) in [6.07, 6.45) is 1.64. The second-order valence-corrected chi connectivity index (χ2v) is 2.08. The molecule has 0 aliphatic rings. The molecule has 0 saturated carbocycles. The third-order valence-corrected chi connectivity index (χ3v) is 1.41. The Morgan fingerprint density at radius 2 is 2.11 bits per heavy atom. The van der Waals surface area contributed by atoms with E-state index in [1.807, 2.05) is 0 Å². The summed E-state index contributed by atoms with van der Waals surface area (Å²) in [7, 11) is 0. The van der Waals surface area contributed by atoms with Gasteiger partial charge in [-0.05, 0) is 13.8 Å². The Morgan fingerprint density at radius 3 is 2.22 bits per heavy atom. The molecule has 0 rings (SSSR count). The quantitative estimate of drug-likeness (QED) is 0.429. The maximum Gasteiger partial charge on any atom is 0.160 e. The van der Waals surface area contributed by atoms with E-state index >= 15 is 0 Å². The lowest BCUT2D eigenvalue weighted by atomic mass is 10.2. The van der Waals surface area contributed by atoms with E-state index in [9.17, 15) is 4.79 Å². The van der Waals surface area contributed by atoms with Crippen molar-refractivity contribution in [1.29, 1.82) is 0 Å². The molecule has 0 spiro atoms. The second-order valence-electron chi connectivity index (χ2n) is 1.67. The van der Waals surface area contributed by atoms with E-state index in [0.717, 1.165) is 0 Å². The fourth-order valence-corrected chi connectivity index (χ4v) is 0.475. The summed E-state index contributed by atoms with van der Waals surface area (Å²) in [5.74, 6) is -0.0851. The second kappa shape index (κ2) is 3.46. The van der Waals surface area contributed by atoms with Crippen LogP contribution in [0.5, 0.6) is 0 Å². The molecule has 0 unspecified atom stereocenters. The minimum atomic E-state index is -0.0851. The van der Waals surface area contributed by atoms with Crippen molar-refractivity contribution in [1.82, 2.24) is 0 Å². The number of allylic oxidation sites excluding steroid dienone is 3. The fourth-order valence-electron chi connectivity index (χ4n) is 0.342. The van der Waals surface area contributed by atoms with Crippen molar-refractivity contribution in [3.05, 3.63) is 23.3 Å². The third kappa shape index (κ3) is 2.47. The molecule has 0 aliphatic heterocycles. The van der Waals surface area contributed by atoms with Crippen molar-refractivity contribution in [3.8, 4) is 0 Å². The lowest BCUT2D eigenvalue weighted by Gasteiger charge is -1.94. The van der Waals surface area contributed by atoms with Crippen LogP contribution in [0.3, 0.4) is 0 Å². The highest BCUT2D eigenvalue weighted by atomic mass is 35.5. The van der Waals surface area contributed by atoms with Gasteiger partial charge in [-0.15, -0.1) is 0 Å². The van der Waals surface area contributed by atoms with Crippen LogP contribution in [0, 0.1) is 0 Å². The normalized spacial score (nSPS) is 11.2. The van der Waals surface area contributed by atoms with Crippen molar-refractivity contribution in [2.45, 2.75) is 13.8 Å². The maximum absolute atomic E-state index is 10.5. The Kier molecular flexibility index (Phi) is 3.25. The molecule has 0 aromatic carbocycles. The van der Waals surface area contributed by atoms with Gasteiger partial charge in [-0.2, -0.15) is 0 Å². The van der Waals surface area contributed by atoms with Crippen molar-refractivity contribution in [2.24, 2.45) is 0 Å². The maximum atomic E-state index is 10.5. The summed E-state index contributed by atoms with van der Waals surface area (Å²) in [5, 5.41) is 0.433. The van der Waals surface area contributed by atoms with Crippen LogP contribution in [-0.2, 0) is 4.79 Å². The van der Waals surface area contributed by atoms with E-state index in [4.69, 9.17) is 11.6 Å². The average Bonchev–Trinajstić information content (AvgIpc) is 1.84. The topological polar surface area (TPSA) is 17.1 Å². The van der Waals surface area contributed by atoms with E-state index in [1.54, 1.807) is 13.0 Å². The fraction of sp³-hybridized carbons (Fsp3) is 0.286. The van der Waals surface area contributed by atoms with Crippen LogP contribution in [0.2, 0.25) is 0 Å². The zero-order valence-electron chi connectivity index (χ0n) is 5.57. The highest BCUT2D eigenvalue weighted by Gasteiger charge is 2.01. The number of rotatable bonds is 2. The minimum absolute atomic E-state index is 0.0851. The molecule has 0 radical (unpaired) electrons. The molecule has 1 nitrogen and oxygen atoms in total. The lowest BCUT2D eigenvalue weighted by Crippen LogP contribution is -1.93. The van der Waals surface area contributed by atoms with Crippen molar-refractivity contribution >= 4 is 17.4 Å². The van der Waals surface area contributed by atoms with Gasteiger partial charge in [-0.25, -0.2) is 0 Å². The summed E-state index contributed by atoms with van der Waals surface area (Å²) in [6.45, 7) is 6.67. The zero-order chi connectivity index (χ0) is 7.44. The molecular weight excluding hydrogens is 136 g/mol. The molecule has 0 atom stereocenters. The number of carbonyl (C=O) groups is 1. The van der Waals surface area contributed by atoms with Gasteiger partial charge in [0.25, 0.3) is 0 Å². The summed E-state index contributed by atoms with van der Waals surface area (Å²) in [4.78, 5) is 10.5. The van der Waals surface area contributed by atoms with Crippen molar-refractivity contribution < 1.29 is 4.79 Å². The summed E-state index contributed by atoms with van der Waals surface area (Å²) >= 11 is 5.55. The lowest BCUT2D eigenvalue weighted by molar-refractivity contribution is -0.113. The molecule has 2 heteroatoms. The van der Waals surface area contributed by atoms with E-state index in [2.05, 4.69) is 6.58 Å². The van der Waals surface area contributed by atoms with Gasteiger partial charge in [0.15, 0.2) is 5.78 Å². The van der Waals surface area contributed by atoms with E-state index < -0.39 is 0 Å². The summed E-state index contributed by atoms with van der Waals surface area (Å²) in [5.41, 5.74) is 0.374. The van der Waals surface area contributed by atoms with Crippen LogP contribution in [-0.4, -0.2) is 5.78 Å². The Morgan fingerprint density at radius 1 is 1.67 bits per heavy atom. The molecule has 0 aromatic rings. The van der Waals surface area contributed by atoms with Crippen LogP contribution in [0.25, 0.3) is 0 Å². The monoisotopic (exact) mass is 144 g/mol. The van der Waals surface area contributed by atoms with Crippen LogP contribution in [0.15, 0.2) is 23.3 Å². The molecule has 0 fully saturated rings. The van der Waals surface area contributed by atoms with Gasteiger partial charge in [-0.3, -0.25) is 4.79 Å². The van der Waals surface area contributed by atoms with Crippen LogP contribution in [0.4, 0.5) is 0 Å². The molecule has 0 heterocycles. The molecule has 0 amide bonds. The molecule has 0 N–H and O–H groups in total. The van der Waals surface area contributed by atoms with Gasteiger partial charge in [0.2, 0.25) is 0 Å². The molecule has 0 aliphatic carbocycles. The van der Waals surface area contributed by atoms with E-state index in [1.165, 1.54) is 6.92 Å². The Hall–Kier alpha value is -0.560. The highest BCUT2D eigenvalue weighted by Crippen LogP contribution is 2.12. The Bertz CT molecular complexity index is 168. The molecule has 9 heavy (non-hydrogen) atoms. The number of Topliss-reactive ketones (excluding diaryl/α,β-unsaturated/α-hetero) is 1. The van der Waals surface area contributed by atoms with E-state index in [-0.39, 0.29) is 5.78 Å². The Labute approximate surface area is 60.0 Å². The van der Waals surface area contributed by atoms with Gasteiger partial charge >= 0.3 is 0 Å². The van der Waals surface area contributed by atoms with Gasteiger partial charge in [0, 0.05) is 10.6 Å². The highest BCUT2D eigenvalue weighted by molar-refractivity contribution is 6.35. The SMILES string of the molecule is C=C(C(C)=O)/C(Cl)=C\C. The first-order valence-corrected chi connectivity index (χ1v) is 2.99. The first kappa shape index (κ1) is 8.44. The summed E-state index contributed by atoms with van der Waals surface area (Å²) in [6, 6.07) is 0. The number of hydrogen-bond acceptors (Lipinski definition) is 1. The van der Waals surface area contributed by atoms with Gasteiger partial charge in [0.1, 0.15) is 0 Å². The standard InChI is InChI=1S/C7H9ClO/c1-4-7(8)5(2)6(3)9/h4H,2H2,1,3H3/b7-4+. The van der Waals surface area contributed by atoms with E-state index in [0.29, 0.717) is 10.6 Å². The summed E-state index contributed by atoms with van der Waals surface area (Å²) < 4.78 is 0. The largest absolute Gasteiger partial charge is 0.294 e. The van der Waals surface area contributed by atoms with Crippen molar-refractivity contribution in [2.75, 3.05) is 0 Å². The molecule has 0 saturated heterocycles. The number of ketones is 1. The van der Waals surface area contributed by atoms with Crippen molar-refractivity contribution in [3.63, 3.8) is 0 Å². The Balaban J connectivity index is 4.23. The van der Waals surface area contributed by atoms with Crippen LogP contribution in [0.1, 0.15) is 13.8 Å². The van der Waals surface area contributed by atoms with Gasteiger partial charge in [0.05, 0.1) is 0 Å². The molecule has 0 aromatic heterocycles. The molecule has 0 bridgehead atoms. The molecular formula is C7H9ClO. The van der Waals surface area contributed by atoms with Crippen LogP contribution >= 0.6 is 11.6 Å². The third-order valence-electron chi connectivity index (χ3n) is 0.967. The number of carbonyl (C=O) groups excluding carboxylic acids is 1. The molecule has 50 valence electrons. The number of halogens is 1. The predicted octanol–water partition coefficient (Wildman–Crippen LogP) is 2.27. The predicted molar refractivity (Wildman–Crippen MR) is 39.4 cm³/mol. The first-order chi connectivity index (χ1) is 4.09. The first-order valence-electron chi connectivity index (χ1n) is 2.61. The van der Waals surface area contributed by atoms with Gasteiger partial charge < -0.3 is 0 Å². The minimum Gasteiger partial charge on any atom is -0.294 e. The smallest absolute Gasteiger partial charge is 0.160 e. The zero-order valence-corrected chi connectivity index (χ0v) is 6.33. The average molecular weight is 145 g/mol. The van der Waals surface area contributed by atoms with Gasteiger partial charge in [-0.1, -0.05) is 24.3 Å². The number of hydrogen-bond donors (Lipinski definition) is 0.